The van der Waals surface area contributed by atoms with Gasteiger partial charge in [0.15, 0.2) is 12.0 Å². The van der Waals surface area contributed by atoms with Crippen molar-refractivity contribution in [1.82, 2.24) is 5.32 Å². The number of carboxylic acid groups (broad SMARTS) is 1. The molecule has 1 aliphatic rings. The van der Waals surface area contributed by atoms with Crippen LogP contribution in [-0.4, -0.2) is 29.2 Å². The molecule has 2 N–H and O–H groups in total. The highest BCUT2D eigenvalue weighted by molar-refractivity contribution is 5.65. The molecule has 0 aromatic heterocycles. The minimum atomic E-state index is -1.73. The number of hydrogen-bond donors (Lipinski definition) is 2. The van der Waals surface area contributed by atoms with Crippen LogP contribution in [0.1, 0.15) is 25.7 Å². The second kappa shape index (κ2) is 3.72. The summed E-state index contributed by atoms with van der Waals surface area (Å²) in [6.07, 6.45) is 0.234. The lowest BCUT2D eigenvalue weighted by molar-refractivity contribution is -0.119. The highest BCUT2D eigenvalue weighted by atomic mass is 19.1. The molecule has 0 heterocycles. The van der Waals surface area contributed by atoms with Crippen molar-refractivity contribution in [2.45, 2.75) is 37.4 Å². The van der Waals surface area contributed by atoms with E-state index in [9.17, 15) is 14.0 Å². The molecule has 13 heavy (non-hydrogen) atoms. The lowest BCUT2D eigenvalue weighted by atomic mass is 9.84. The van der Waals surface area contributed by atoms with Gasteiger partial charge in [0.25, 0.3) is 0 Å². The van der Waals surface area contributed by atoms with E-state index in [1.165, 1.54) is 0 Å². The maximum atomic E-state index is 13.3. The van der Waals surface area contributed by atoms with Gasteiger partial charge in [-0.05, 0) is 25.7 Å². The summed E-state index contributed by atoms with van der Waals surface area (Å²) >= 11 is 0. The average molecular weight is 189 g/mol. The van der Waals surface area contributed by atoms with E-state index in [0.717, 1.165) is 0 Å². The molecule has 74 valence electrons. The Morgan fingerprint density at radius 2 is 2.08 bits per heavy atom. The van der Waals surface area contributed by atoms with Gasteiger partial charge in [-0.15, -0.1) is 0 Å². The van der Waals surface area contributed by atoms with Crippen molar-refractivity contribution in [3.8, 4) is 0 Å². The maximum Gasteiger partial charge on any atom is 0.404 e. The molecule has 0 saturated heterocycles. The predicted molar refractivity (Wildman–Crippen MR) is 43.3 cm³/mol. The molecule has 5 heteroatoms. The number of nitrogens with one attached hydrogen (secondary N) is 1. The summed E-state index contributed by atoms with van der Waals surface area (Å²) in [5.74, 6) is 0. The van der Waals surface area contributed by atoms with E-state index >= 15 is 0 Å². The van der Waals surface area contributed by atoms with Crippen LogP contribution in [-0.2, 0) is 4.79 Å². The molecule has 0 aromatic carbocycles. The highest BCUT2D eigenvalue weighted by Gasteiger charge is 2.35. The minimum absolute atomic E-state index is 0.113. The monoisotopic (exact) mass is 189 g/mol. The third kappa shape index (κ3) is 2.68. The van der Waals surface area contributed by atoms with Crippen molar-refractivity contribution < 1.29 is 19.1 Å². The SMILES string of the molecule is O=CC1(F)CCC(NC(=O)O)CC1. The summed E-state index contributed by atoms with van der Waals surface area (Å²) in [5, 5.41) is 10.7. The van der Waals surface area contributed by atoms with Gasteiger partial charge in [-0.25, -0.2) is 9.18 Å². The normalized spacial score (nSPS) is 33.8. The van der Waals surface area contributed by atoms with Crippen LogP contribution in [0.15, 0.2) is 0 Å². The van der Waals surface area contributed by atoms with E-state index in [4.69, 9.17) is 5.11 Å². The summed E-state index contributed by atoms with van der Waals surface area (Å²) in [7, 11) is 0. The first kappa shape index (κ1) is 9.95. The average Bonchev–Trinajstić information content (AvgIpc) is 2.09. The maximum absolute atomic E-state index is 13.3. The fourth-order valence-corrected chi connectivity index (χ4v) is 1.53. The van der Waals surface area contributed by atoms with Gasteiger partial charge in [-0.1, -0.05) is 0 Å². The number of hydrogen-bond acceptors (Lipinski definition) is 2. The van der Waals surface area contributed by atoms with E-state index < -0.39 is 11.8 Å². The van der Waals surface area contributed by atoms with Crippen molar-refractivity contribution >= 4 is 12.4 Å². The third-order valence-electron chi connectivity index (χ3n) is 2.36. The second-order valence-corrected chi connectivity index (χ2v) is 3.38. The Balaban J connectivity index is 2.38. The van der Waals surface area contributed by atoms with E-state index in [-0.39, 0.29) is 18.9 Å². The molecule has 0 spiro atoms. The Hall–Kier alpha value is -1.13. The number of alkyl halides is 1. The minimum Gasteiger partial charge on any atom is -0.465 e. The molecule has 0 aliphatic heterocycles. The smallest absolute Gasteiger partial charge is 0.404 e. The van der Waals surface area contributed by atoms with Gasteiger partial charge < -0.3 is 10.4 Å². The molecule has 1 saturated carbocycles. The Labute approximate surface area is 75.1 Å². The van der Waals surface area contributed by atoms with Crippen LogP contribution in [0.2, 0.25) is 0 Å². The summed E-state index contributed by atoms with van der Waals surface area (Å²) in [6.45, 7) is 0. The fourth-order valence-electron chi connectivity index (χ4n) is 1.53. The Morgan fingerprint density at radius 1 is 1.54 bits per heavy atom. The van der Waals surface area contributed by atoms with Crippen molar-refractivity contribution in [3.05, 3.63) is 0 Å². The first-order chi connectivity index (χ1) is 6.06. The topological polar surface area (TPSA) is 66.4 Å². The molecular formula is C8H12FNO3. The van der Waals surface area contributed by atoms with E-state index in [0.29, 0.717) is 19.1 Å². The van der Waals surface area contributed by atoms with Crippen LogP contribution < -0.4 is 5.32 Å². The quantitative estimate of drug-likeness (QED) is 0.639. The second-order valence-electron chi connectivity index (χ2n) is 3.38. The van der Waals surface area contributed by atoms with Crippen LogP contribution in [0, 0.1) is 0 Å². The standard InChI is InChI=1S/C8H12FNO3/c9-8(5-11)3-1-6(2-4-8)10-7(12)13/h5-6,10H,1-4H2,(H,12,13). The van der Waals surface area contributed by atoms with Gasteiger partial charge in [-0.2, -0.15) is 0 Å². The molecule has 0 radical (unpaired) electrons. The fraction of sp³-hybridized carbons (Fsp3) is 0.750. The number of carbonyl (C=O) groups is 2. The lowest BCUT2D eigenvalue weighted by Crippen LogP contribution is -2.41. The molecule has 1 rings (SSSR count). The number of rotatable bonds is 2. The third-order valence-corrected chi connectivity index (χ3v) is 2.36. The Morgan fingerprint density at radius 3 is 2.46 bits per heavy atom. The van der Waals surface area contributed by atoms with Crippen LogP contribution in [0.4, 0.5) is 9.18 Å². The van der Waals surface area contributed by atoms with E-state index in [1.807, 2.05) is 0 Å². The highest BCUT2D eigenvalue weighted by Crippen LogP contribution is 2.29. The number of halogens is 1. The predicted octanol–water partition coefficient (Wildman–Crippen LogP) is 1.10. The van der Waals surface area contributed by atoms with Crippen LogP contribution in [0.3, 0.4) is 0 Å². The zero-order chi connectivity index (χ0) is 9.90. The van der Waals surface area contributed by atoms with Crippen molar-refractivity contribution in [2.75, 3.05) is 0 Å². The summed E-state index contributed by atoms with van der Waals surface area (Å²) in [5.41, 5.74) is -1.73. The summed E-state index contributed by atoms with van der Waals surface area (Å²) < 4.78 is 13.3. The van der Waals surface area contributed by atoms with Crippen molar-refractivity contribution in [2.24, 2.45) is 0 Å². The number of aldehydes is 1. The van der Waals surface area contributed by atoms with Crippen LogP contribution in [0.25, 0.3) is 0 Å². The van der Waals surface area contributed by atoms with Crippen LogP contribution >= 0.6 is 0 Å². The molecule has 0 unspecified atom stereocenters. The lowest BCUT2D eigenvalue weighted by Gasteiger charge is -2.29. The van der Waals surface area contributed by atoms with Gasteiger partial charge in [-0.3, -0.25) is 4.79 Å². The molecule has 0 atom stereocenters. The molecule has 0 bridgehead atoms. The zero-order valence-corrected chi connectivity index (χ0v) is 7.12. The van der Waals surface area contributed by atoms with Crippen molar-refractivity contribution in [3.63, 3.8) is 0 Å². The van der Waals surface area contributed by atoms with Gasteiger partial charge in [0.1, 0.15) is 0 Å². The molecule has 1 amide bonds. The first-order valence-electron chi connectivity index (χ1n) is 4.20. The largest absolute Gasteiger partial charge is 0.465 e. The first-order valence-corrected chi connectivity index (χ1v) is 4.20. The van der Waals surface area contributed by atoms with Crippen molar-refractivity contribution in [1.29, 1.82) is 0 Å². The van der Waals surface area contributed by atoms with Gasteiger partial charge >= 0.3 is 6.09 Å². The number of amides is 1. The van der Waals surface area contributed by atoms with Crippen LogP contribution in [0.5, 0.6) is 0 Å². The van der Waals surface area contributed by atoms with E-state index in [2.05, 4.69) is 5.32 Å². The molecule has 4 nitrogen and oxygen atoms in total. The summed E-state index contributed by atoms with van der Waals surface area (Å²) in [4.78, 5) is 20.5. The summed E-state index contributed by atoms with van der Waals surface area (Å²) in [6, 6.07) is -0.207. The molecule has 0 aromatic rings. The van der Waals surface area contributed by atoms with Gasteiger partial charge in [0.2, 0.25) is 0 Å². The van der Waals surface area contributed by atoms with E-state index in [1.54, 1.807) is 0 Å². The number of carbonyl (C=O) groups excluding carboxylic acids is 1. The molecular weight excluding hydrogens is 177 g/mol. The Kier molecular flexibility index (Phi) is 2.85. The van der Waals surface area contributed by atoms with Gasteiger partial charge in [0, 0.05) is 6.04 Å². The zero-order valence-electron chi connectivity index (χ0n) is 7.12. The Bertz CT molecular complexity index is 211. The molecule has 1 fully saturated rings. The molecule has 1 aliphatic carbocycles. The van der Waals surface area contributed by atoms with Gasteiger partial charge in [0.05, 0.1) is 0 Å².